The van der Waals surface area contributed by atoms with E-state index in [0.29, 0.717) is 18.2 Å². The zero-order valence-electron chi connectivity index (χ0n) is 10.6. The number of rotatable bonds is 6. The Morgan fingerprint density at radius 2 is 2.17 bits per heavy atom. The van der Waals surface area contributed by atoms with Gasteiger partial charge in [0, 0.05) is 13.2 Å². The molecule has 1 N–H and O–H groups in total. The lowest BCUT2D eigenvalue weighted by Gasteiger charge is -2.23. The minimum absolute atomic E-state index is 0.0505. The number of methoxy groups -OCH3 is 1. The van der Waals surface area contributed by atoms with Gasteiger partial charge in [-0.05, 0) is 12.0 Å². The Bertz CT molecular complexity index is 424. The monoisotopic (exact) mass is 272 g/mol. The fourth-order valence-corrected chi connectivity index (χ4v) is 1.80. The van der Waals surface area contributed by atoms with Crippen molar-refractivity contribution in [1.82, 2.24) is 0 Å². The third kappa shape index (κ3) is 3.58. The van der Waals surface area contributed by atoms with E-state index < -0.39 is 4.92 Å². The van der Waals surface area contributed by atoms with Crippen molar-refractivity contribution in [2.45, 2.75) is 19.9 Å². The molecule has 0 spiro atoms. The molecule has 1 rings (SSSR count). The molecular weight excluding hydrogens is 256 g/mol. The predicted molar refractivity (Wildman–Crippen MR) is 72.2 cm³/mol. The van der Waals surface area contributed by atoms with Gasteiger partial charge in [-0.2, -0.15) is 0 Å². The number of nitrogens with zero attached hydrogens (tertiary/aromatic N) is 1. The summed E-state index contributed by atoms with van der Waals surface area (Å²) in [6, 6.07) is 4.76. The Hall–Kier alpha value is -1.33. The van der Waals surface area contributed by atoms with Gasteiger partial charge in [-0.3, -0.25) is 10.1 Å². The van der Waals surface area contributed by atoms with E-state index in [4.69, 9.17) is 16.3 Å². The molecule has 0 bridgehead atoms. The van der Waals surface area contributed by atoms with E-state index in [1.54, 1.807) is 19.2 Å². The van der Waals surface area contributed by atoms with Crippen molar-refractivity contribution in [2.75, 3.05) is 19.0 Å². The molecule has 0 heterocycles. The Labute approximate surface area is 111 Å². The zero-order valence-corrected chi connectivity index (χ0v) is 11.4. The van der Waals surface area contributed by atoms with E-state index >= 15 is 0 Å². The summed E-state index contributed by atoms with van der Waals surface area (Å²) in [4.78, 5) is 10.3. The van der Waals surface area contributed by atoms with Crippen molar-refractivity contribution in [1.29, 1.82) is 0 Å². The van der Waals surface area contributed by atoms with E-state index in [2.05, 4.69) is 5.32 Å². The number of nitrogens with one attached hydrogen (secondary N) is 1. The third-order valence-corrected chi connectivity index (χ3v) is 3.06. The molecule has 0 fully saturated rings. The summed E-state index contributed by atoms with van der Waals surface area (Å²) in [5.74, 6) is 0.320. The summed E-state index contributed by atoms with van der Waals surface area (Å²) in [6.07, 6.45) is 0. The molecule has 0 aliphatic carbocycles. The molecule has 1 aromatic carbocycles. The largest absolute Gasteiger partial charge is 0.383 e. The second-order valence-corrected chi connectivity index (χ2v) is 4.72. The van der Waals surface area contributed by atoms with E-state index in [1.165, 1.54) is 6.07 Å². The lowest BCUT2D eigenvalue weighted by Crippen LogP contribution is -2.30. The first kappa shape index (κ1) is 14.7. The quantitative estimate of drug-likeness (QED) is 0.637. The van der Waals surface area contributed by atoms with E-state index in [1.807, 2.05) is 13.8 Å². The maximum atomic E-state index is 10.8. The van der Waals surface area contributed by atoms with Gasteiger partial charge in [0.05, 0.1) is 23.3 Å². The smallest absolute Gasteiger partial charge is 0.289 e. The summed E-state index contributed by atoms with van der Waals surface area (Å²) in [6.45, 7) is 4.60. The van der Waals surface area contributed by atoms with Crippen LogP contribution in [-0.4, -0.2) is 24.7 Å². The number of nitro benzene ring substituents is 1. The zero-order chi connectivity index (χ0) is 13.7. The first-order chi connectivity index (χ1) is 8.47. The summed E-state index contributed by atoms with van der Waals surface area (Å²) in [7, 11) is 1.62. The summed E-state index contributed by atoms with van der Waals surface area (Å²) >= 11 is 6.01. The average Bonchev–Trinajstić information content (AvgIpc) is 2.30. The molecule has 0 aliphatic heterocycles. The number of halogens is 1. The highest BCUT2D eigenvalue weighted by molar-refractivity contribution is 6.35. The SMILES string of the molecule is COCC(Nc1cccc([N+](=O)[O-])c1Cl)C(C)C. The maximum absolute atomic E-state index is 10.8. The van der Waals surface area contributed by atoms with Crippen LogP contribution in [-0.2, 0) is 4.74 Å². The first-order valence-electron chi connectivity index (χ1n) is 5.65. The van der Waals surface area contributed by atoms with Crippen molar-refractivity contribution in [3.05, 3.63) is 33.3 Å². The fraction of sp³-hybridized carbons (Fsp3) is 0.500. The van der Waals surface area contributed by atoms with Gasteiger partial charge in [-0.1, -0.05) is 31.5 Å². The van der Waals surface area contributed by atoms with Gasteiger partial charge in [0.2, 0.25) is 0 Å². The van der Waals surface area contributed by atoms with Crippen LogP contribution in [0, 0.1) is 16.0 Å². The Kier molecular flexibility index (Phi) is 5.37. The standard InChI is InChI=1S/C12H17ClN2O3/c1-8(2)10(7-18-3)14-9-5-4-6-11(12(9)13)15(16)17/h4-6,8,10,14H,7H2,1-3H3. The summed E-state index contributed by atoms with van der Waals surface area (Å²) in [5, 5.41) is 14.1. The van der Waals surface area contributed by atoms with Crippen LogP contribution in [0.25, 0.3) is 0 Å². The molecule has 1 atom stereocenters. The predicted octanol–water partition coefficient (Wildman–Crippen LogP) is 3.33. The molecule has 0 amide bonds. The van der Waals surface area contributed by atoms with Crippen LogP contribution in [0.3, 0.4) is 0 Å². The average molecular weight is 273 g/mol. The Balaban J connectivity index is 2.96. The van der Waals surface area contributed by atoms with Crippen molar-refractivity contribution >= 4 is 23.0 Å². The number of benzene rings is 1. The normalized spacial score (nSPS) is 12.5. The molecule has 0 aromatic heterocycles. The fourth-order valence-electron chi connectivity index (χ4n) is 1.55. The van der Waals surface area contributed by atoms with E-state index in [9.17, 15) is 10.1 Å². The van der Waals surface area contributed by atoms with Crippen LogP contribution in [0.4, 0.5) is 11.4 Å². The molecule has 100 valence electrons. The van der Waals surface area contributed by atoms with Crippen molar-refractivity contribution in [3.63, 3.8) is 0 Å². The molecule has 18 heavy (non-hydrogen) atoms. The molecule has 1 aromatic rings. The third-order valence-electron chi connectivity index (χ3n) is 2.67. The molecule has 0 saturated heterocycles. The van der Waals surface area contributed by atoms with Gasteiger partial charge < -0.3 is 10.1 Å². The molecule has 5 nitrogen and oxygen atoms in total. The Morgan fingerprint density at radius 3 is 2.67 bits per heavy atom. The van der Waals surface area contributed by atoms with Crippen LogP contribution in [0.15, 0.2) is 18.2 Å². The van der Waals surface area contributed by atoms with Crippen LogP contribution in [0.2, 0.25) is 5.02 Å². The minimum Gasteiger partial charge on any atom is -0.383 e. The van der Waals surface area contributed by atoms with Crippen LogP contribution < -0.4 is 5.32 Å². The van der Waals surface area contributed by atoms with Crippen molar-refractivity contribution in [2.24, 2.45) is 5.92 Å². The molecule has 0 aliphatic rings. The lowest BCUT2D eigenvalue weighted by molar-refractivity contribution is -0.384. The van der Waals surface area contributed by atoms with Crippen LogP contribution in [0.1, 0.15) is 13.8 Å². The van der Waals surface area contributed by atoms with Gasteiger partial charge in [0.25, 0.3) is 5.69 Å². The Morgan fingerprint density at radius 1 is 1.50 bits per heavy atom. The maximum Gasteiger partial charge on any atom is 0.289 e. The molecule has 1 unspecified atom stereocenters. The van der Waals surface area contributed by atoms with Gasteiger partial charge in [-0.25, -0.2) is 0 Å². The molecule has 0 radical (unpaired) electrons. The van der Waals surface area contributed by atoms with E-state index in [-0.39, 0.29) is 16.8 Å². The van der Waals surface area contributed by atoms with Gasteiger partial charge in [0.1, 0.15) is 5.02 Å². The molecule has 6 heteroatoms. The summed E-state index contributed by atoms with van der Waals surface area (Å²) < 4.78 is 5.12. The highest BCUT2D eigenvalue weighted by Gasteiger charge is 2.19. The van der Waals surface area contributed by atoms with Gasteiger partial charge in [0.15, 0.2) is 0 Å². The first-order valence-corrected chi connectivity index (χ1v) is 6.03. The summed E-state index contributed by atoms with van der Waals surface area (Å²) in [5.41, 5.74) is 0.461. The van der Waals surface area contributed by atoms with Crippen LogP contribution in [0.5, 0.6) is 0 Å². The number of nitro groups is 1. The van der Waals surface area contributed by atoms with Crippen molar-refractivity contribution < 1.29 is 9.66 Å². The van der Waals surface area contributed by atoms with Crippen molar-refractivity contribution in [3.8, 4) is 0 Å². The number of hydrogen-bond acceptors (Lipinski definition) is 4. The second-order valence-electron chi connectivity index (χ2n) is 4.35. The van der Waals surface area contributed by atoms with Gasteiger partial charge >= 0.3 is 0 Å². The lowest BCUT2D eigenvalue weighted by atomic mass is 10.0. The highest BCUT2D eigenvalue weighted by atomic mass is 35.5. The van der Waals surface area contributed by atoms with Gasteiger partial charge in [-0.15, -0.1) is 0 Å². The minimum atomic E-state index is -0.492. The van der Waals surface area contributed by atoms with Crippen LogP contribution >= 0.6 is 11.6 Å². The molecular formula is C12H17ClN2O3. The molecule has 0 saturated carbocycles. The van der Waals surface area contributed by atoms with E-state index in [0.717, 1.165) is 0 Å². The second kappa shape index (κ2) is 6.56. The number of ether oxygens (including phenoxy) is 1. The number of hydrogen-bond donors (Lipinski definition) is 1. The number of anilines is 1. The topological polar surface area (TPSA) is 64.4 Å². The highest BCUT2D eigenvalue weighted by Crippen LogP contribution is 2.32.